The number of aliphatic carboxylic acids is 1. The van der Waals surface area contributed by atoms with Gasteiger partial charge in [-0.05, 0) is 222 Å². The van der Waals surface area contributed by atoms with Crippen molar-refractivity contribution in [2.24, 2.45) is 29.6 Å². The summed E-state index contributed by atoms with van der Waals surface area (Å²) in [4.78, 5) is 68.7. The van der Waals surface area contributed by atoms with Gasteiger partial charge in [0, 0.05) is 150 Å². The van der Waals surface area contributed by atoms with Crippen molar-refractivity contribution in [3.63, 3.8) is 0 Å². The number of rotatable bonds is 16. The molecular weight excluding hydrogens is 1520 g/mol. The van der Waals surface area contributed by atoms with Gasteiger partial charge in [-0.25, -0.2) is 27.6 Å². The maximum atomic E-state index is 12.1. The third kappa shape index (κ3) is 47.7. The number of aryl methyl sites for hydroxylation is 2. The number of carbonyl (C=O) groups excluding carboxylic acids is 4. The minimum atomic E-state index is -3.72. The van der Waals surface area contributed by atoms with Crippen LogP contribution in [0.1, 0.15) is 159 Å². The van der Waals surface area contributed by atoms with Crippen LogP contribution in [-0.4, -0.2) is 315 Å². The molecule has 33 heteroatoms. The van der Waals surface area contributed by atoms with E-state index in [2.05, 4.69) is 20.4 Å². The van der Waals surface area contributed by atoms with Crippen LogP contribution >= 0.6 is 10.7 Å². The second kappa shape index (κ2) is 53.3. The Hall–Kier alpha value is -5.20. The molecule has 0 aliphatic carbocycles. The third-order valence-electron chi connectivity index (χ3n) is 18.1. The number of aliphatic hydroxyl groups excluding tert-OH is 1. The average molecular weight is 1660 g/mol. The van der Waals surface area contributed by atoms with Gasteiger partial charge in [0.25, 0.3) is 19.2 Å². The zero-order chi connectivity index (χ0) is 82.3. The van der Waals surface area contributed by atoms with Gasteiger partial charge in [-0.15, -0.1) is 0 Å². The number of aliphatic hydroxyl groups is 1. The lowest BCUT2D eigenvalue weighted by Crippen LogP contribution is -2.52. The van der Waals surface area contributed by atoms with Crippen molar-refractivity contribution in [1.29, 1.82) is 0 Å². The fourth-order valence-electron chi connectivity index (χ4n) is 11.6. The maximum Gasteiger partial charge on any atom is 0.410 e. The van der Waals surface area contributed by atoms with Crippen molar-refractivity contribution in [3.05, 3.63) is 59.7 Å². The van der Waals surface area contributed by atoms with Crippen molar-refractivity contribution in [1.82, 2.24) is 40.0 Å². The highest BCUT2D eigenvalue weighted by molar-refractivity contribution is 8.13. The molecule has 2 aromatic carbocycles. The summed E-state index contributed by atoms with van der Waals surface area (Å²) in [7, 11) is -2.18. The van der Waals surface area contributed by atoms with E-state index in [1.165, 1.54) is 87.3 Å². The van der Waals surface area contributed by atoms with Gasteiger partial charge in [0.15, 0.2) is 0 Å². The first kappa shape index (κ1) is 104. The van der Waals surface area contributed by atoms with E-state index in [1.54, 1.807) is 59.7 Å². The van der Waals surface area contributed by atoms with Crippen molar-refractivity contribution in [2.75, 3.05) is 197 Å². The van der Waals surface area contributed by atoms with Crippen molar-refractivity contribution >= 4 is 68.6 Å². The molecule has 0 aromatic heterocycles. The zero-order valence-electron chi connectivity index (χ0n) is 69.7. The number of carboxylic acids is 1. The molecule has 3 radical (unpaired) electrons. The monoisotopic (exact) mass is 1660 g/mol. The molecule has 649 valence electrons. The molecule has 0 atom stereocenters. The largest absolute Gasteiger partial charge is 0.481 e. The number of ether oxygens (including phenoxy) is 9. The first-order chi connectivity index (χ1) is 52.2. The molecule has 12 rings (SSSR count). The van der Waals surface area contributed by atoms with Crippen LogP contribution in [0.5, 0.6) is 0 Å². The second-order valence-electron chi connectivity index (χ2n) is 33.3. The highest BCUT2D eigenvalue weighted by Crippen LogP contribution is 2.27. The Labute approximate surface area is 683 Å². The summed E-state index contributed by atoms with van der Waals surface area (Å²) in [5, 5.41) is 23.7. The van der Waals surface area contributed by atoms with Crippen LogP contribution in [0.15, 0.2) is 58.3 Å². The minimum Gasteiger partial charge on any atom is -0.481 e. The van der Waals surface area contributed by atoms with E-state index < -0.39 is 47.5 Å². The Balaban J connectivity index is 0.000000446. The summed E-state index contributed by atoms with van der Waals surface area (Å²) >= 11 is 0. The molecule has 113 heavy (non-hydrogen) atoms. The highest BCUT2D eigenvalue weighted by Gasteiger charge is 2.38. The lowest BCUT2D eigenvalue weighted by atomic mass is 9.96. The molecule has 4 amide bonds. The number of carbonyl (C=O) groups is 5. The van der Waals surface area contributed by atoms with Gasteiger partial charge >= 0.3 is 30.3 Å². The van der Waals surface area contributed by atoms with Crippen molar-refractivity contribution in [3.8, 4) is 0 Å². The molecule has 10 aliphatic rings. The Morgan fingerprint density at radius 3 is 1.04 bits per heavy atom. The fraction of sp³-hybridized carbons (Fsp3) is 0.787. The molecule has 0 unspecified atom stereocenters. The van der Waals surface area contributed by atoms with Crippen LogP contribution in [0.2, 0.25) is 0 Å². The molecule has 2 aromatic rings. The van der Waals surface area contributed by atoms with Gasteiger partial charge in [-0.3, -0.25) is 18.8 Å². The number of halogens is 1. The Bertz CT molecular complexity index is 3150. The van der Waals surface area contributed by atoms with Crippen LogP contribution in [0.4, 0.5) is 19.2 Å². The van der Waals surface area contributed by atoms with Crippen LogP contribution in [0.3, 0.4) is 0 Å². The van der Waals surface area contributed by atoms with Gasteiger partial charge in [0.1, 0.15) is 22.4 Å². The molecule has 0 spiro atoms. The summed E-state index contributed by atoms with van der Waals surface area (Å²) in [5.74, 6) is 1.54. The van der Waals surface area contributed by atoms with E-state index in [4.69, 9.17) is 67.7 Å². The lowest BCUT2D eigenvalue weighted by Gasteiger charge is -2.40. The Morgan fingerprint density at radius 2 is 0.761 bits per heavy atom. The summed E-state index contributed by atoms with van der Waals surface area (Å²) in [6.45, 7) is 52.2. The molecular formula is C80H141BClN8O21S2. The molecule has 4 N–H and O–H groups in total. The summed E-state index contributed by atoms with van der Waals surface area (Å²) in [6, 6.07) is 12.9. The highest BCUT2D eigenvalue weighted by atomic mass is 35.7. The lowest BCUT2D eigenvalue weighted by molar-refractivity contribution is -0.139. The van der Waals surface area contributed by atoms with E-state index in [1.807, 2.05) is 76.2 Å². The summed E-state index contributed by atoms with van der Waals surface area (Å²) in [6.07, 6.45) is 8.04. The molecule has 10 aliphatic heterocycles. The second-order valence-corrected chi connectivity index (χ2v) is 37.4. The number of amides is 4. The third-order valence-corrected chi connectivity index (χ3v) is 20.8. The minimum absolute atomic E-state index is 0. The van der Waals surface area contributed by atoms with Crippen LogP contribution in [0.25, 0.3) is 0 Å². The van der Waals surface area contributed by atoms with E-state index in [9.17, 15) is 40.8 Å². The summed E-state index contributed by atoms with van der Waals surface area (Å²) < 4.78 is 97.1. The molecule has 29 nitrogen and oxygen atoms in total. The van der Waals surface area contributed by atoms with Crippen molar-refractivity contribution < 1.29 is 97.8 Å². The van der Waals surface area contributed by atoms with E-state index in [0.717, 1.165) is 162 Å². The predicted molar refractivity (Wildman–Crippen MR) is 439 cm³/mol. The Morgan fingerprint density at radius 1 is 0.451 bits per heavy atom. The van der Waals surface area contributed by atoms with Gasteiger partial charge in [0.05, 0.1) is 62.5 Å². The van der Waals surface area contributed by atoms with Gasteiger partial charge in [-0.1, -0.05) is 42.8 Å². The normalized spacial score (nSPS) is 19.0. The number of likely N-dealkylation sites (tertiary alicyclic amines) is 4. The Kier molecular flexibility index (Phi) is 49.0. The van der Waals surface area contributed by atoms with Crippen LogP contribution in [0, 0.1) is 43.4 Å². The zero-order valence-corrected chi connectivity index (χ0v) is 72.1. The standard InChI is InChI=1S/C17H25NO5S.C14H26N2O3.C10H17NO4.C10H19NO3.C9H18N2O.C7H7ClO2S.C4H9NO.2C4H8O.CH4.B/c1-13-5-7-15(8-6-13)24(20,21)22-10-9-14-11-18(12-14)16(19)23-17(2,3)4;1-14(2,3)19-13(17)16-10-12(11-16)4-5-15-6-8-18-9-7-15;1-10(2,3)15-9(14)11-5-7(6-11)4-8(12)13;1-10(2,3)14-9(13)11-6-8(7-11)4-5-12;1(9-7-10-8-9)2-11-3-5-12-6-4-11;1-6-2-4-7(5-3-6)11(8,9)10;1-3-6-4-2-5-1;2*1-2-4-5-3-1;;/h5-8,14H,9-12H2,1-4H3;12H,4-11H2,1-3H3;7H,4-6H2,1-3H3,(H,12,13);8,12H,4-7H2,1-3H3;9-10H,1-8H2;2-5H,1H3;5H,1-4H2;2*1-4H2;1H4;. The molecule has 0 bridgehead atoms. The van der Waals surface area contributed by atoms with E-state index in [0.29, 0.717) is 44.4 Å². The van der Waals surface area contributed by atoms with Gasteiger partial charge < -0.3 is 83.1 Å². The number of morpholine rings is 3. The van der Waals surface area contributed by atoms with E-state index in [-0.39, 0.29) is 81.5 Å². The first-order valence-corrected chi connectivity index (χ1v) is 43.3. The number of carboxylic acid groups (broad SMARTS) is 1. The number of nitrogens with zero attached hydrogens (tertiary/aromatic N) is 6. The number of benzene rings is 2. The quantitative estimate of drug-likeness (QED) is 0.0525. The fourth-order valence-corrected chi connectivity index (χ4v) is 13.2. The van der Waals surface area contributed by atoms with Crippen LogP contribution in [-0.2, 0) is 70.8 Å². The average Bonchev–Trinajstić information content (AvgIpc) is 1.21. The van der Waals surface area contributed by atoms with E-state index >= 15 is 0 Å². The molecule has 10 heterocycles. The topological polar surface area (TPSA) is 330 Å². The number of nitrogens with one attached hydrogen (secondary N) is 2. The number of hydrogen-bond donors (Lipinski definition) is 4. The molecule has 10 fully saturated rings. The van der Waals surface area contributed by atoms with Gasteiger partial charge in [0.2, 0.25) is 0 Å². The molecule has 10 saturated heterocycles. The van der Waals surface area contributed by atoms with Crippen LogP contribution < -0.4 is 10.6 Å². The smallest absolute Gasteiger partial charge is 0.410 e. The first-order valence-electron chi connectivity index (χ1n) is 39.6. The summed E-state index contributed by atoms with van der Waals surface area (Å²) in [5.41, 5.74) is 0.192. The van der Waals surface area contributed by atoms with Gasteiger partial charge in [-0.2, -0.15) is 8.42 Å². The molecule has 0 saturated carbocycles. The number of hydrogen-bond acceptors (Lipinski definition) is 24. The predicted octanol–water partition coefficient (Wildman–Crippen LogP) is 10.4. The van der Waals surface area contributed by atoms with Crippen molar-refractivity contribution in [2.45, 2.75) is 194 Å². The maximum absolute atomic E-state index is 12.1. The SMILES string of the molecule is C.C1CCOC1.C1CCOC1.C1CN(CCC2CNC2)CCO1.C1COCCN1.CC(C)(C)OC(=O)N1CC(CC(=O)O)C1.CC(C)(C)OC(=O)N1CC(CCN2CCOCC2)C1.CC(C)(C)OC(=O)N1CC(CCO)C1.Cc1ccc(S(=O)(=O)Cl)cc1.Cc1ccc(S(=O)(=O)OCCC2CN(C(=O)OC(C)(C)C)C2)cc1.[B].